The number of hydrogen-bond donors (Lipinski definition) is 1. The maximum absolute atomic E-state index is 13.5. The van der Waals surface area contributed by atoms with E-state index in [1.165, 1.54) is 6.07 Å². The molecule has 1 rings (SSSR count). The second kappa shape index (κ2) is 6.25. The van der Waals surface area contributed by atoms with Gasteiger partial charge in [-0.1, -0.05) is 44.3 Å². The van der Waals surface area contributed by atoms with Crippen LogP contribution in [0.5, 0.6) is 0 Å². The van der Waals surface area contributed by atoms with Crippen molar-refractivity contribution in [1.82, 2.24) is 4.90 Å². The Bertz CT molecular complexity index is 418. The molecule has 0 saturated carbocycles. The standard InChI is InChI=1S/C14H21FN2S/c1-14(2,13(16)18)8-9-17(3)10-11-6-4-5-7-12(11)15/h4-7H,8-10H2,1-3H3,(H2,16,18). The lowest BCUT2D eigenvalue weighted by atomic mass is 9.89. The fraction of sp³-hybridized carbons (Fsp3) is 0.500. The minimum Gasteiger partial charge on any atom is -0.393 e. The number of halogens is 1. The minimum atomic E-state index is -0.155. The highest BCUT2D eigenvalue weighted by Crippen LogP contribution is 2.21. The van der Waals surface area contributed by atoms with Crippen molar-refractivity contribution in [2.24, 2.45) is 11.1 Å². The van der Waals surface area contributed by atoms with Crippen LogP contribution in [0.3, 0.4) is 0 Å². The van der Waals surface area contributed by atoms with Crippen LogP contribution in [0.25, 0.3) is 0 Å². The Morgan fingerprint density at radius 3 is 2.56 bits per heavy atom. The van der Waals surface area contributed by atoms with Gasteiger partial charge in [-0.15, -0.1) is 0 Å². The van der Waals surface area contributed by atoms with Crippen LogP contribution in [-0.2, 0) is 6.54 Å². The fourth-order valence-corrected chi connectivity index (χ4v) is 1.69. The average Bonchev–Trinajstić information content (AvgIpc) is 2.29. The van der Waals surface area contributed by atoms with Gasteiger partial charge >= 0.3 is 0 Å². The van der Waals surface area contributed by atoms with Gasteiger partial charge in [0.05, 0.1) is 4.99 Å². The molecule has 0 spiro atoms. The molecule has 0 aliphatic carbocycles. The largest absolute Gasteiger partial charge is 0.393 e. The molecular weight excluding hydrogens is 247 g/mol. The number of rotatable bonds is 6. The summed E-state index contributed by atoms with van der Waals surface area (Å²) < 4.78 is 13.5. The summed E-state index contributed by atoms with van der Waals surface area (Å²) in [5, 5.41) is 0. The van der Waals surface area contributed by atoms with Crippen LogP contribution in [0.4, 0.5) is 4.39 Å². The molecule has 0 aliphatic heterocycles. The van der Waals surface area contributed by atoms with Crippen molar-refractivity contribution in [2.75, 3.05) is 13.6 Å². The fourth-order valence-electron chi connectivity index (χ4n) is 1.59. The maximum Gasteiger partial charge on any atom is 0.127 e. The molecule has 0 unspecified atom stereocenters. The maximum atomic E-state index is 13.5. The Kier molecular flexibility index (Phi) is 5.23. The number of nitrogens with zero attached hydrogens (tertiary/aromatic N) is 1. The van der Waals surface area contributed by atoms with Gasteiger partial charge < -0.3 is 10.6 Å². The quantitative estimate of drug-likeness (QED) is 0.804. The van der Waals surface area contributed by atoms with E-state index in [1.54, 1.807) is 6.07 Å². The van der Waals surface area contributed by atoms with Crippen LogP contribution in [0.2, 0.25) is 0 Å². The van der Waals surface area contributed by atoms with Crippen LogP contribution in [0.15, 0.2) is 24.3 Å². The molecule has 100 valence electrons. The van der Waals surface area contributed by atoms with Crippen molar-refractivity contribution in [3.05, 3.63) is 35.6 Å². The normalized spacial score (nSPS) is 11.8. The molecule has 0 fully saturated rings. The summed E-state index contributed by atoms with van der Waals surface area (Å²) in [4.78, 5) is 2.61. The second-order valence-corrected chi connectivity index (χ2v) is 5.77. The Balaban J connectivity index is 2.50. The lowest BCUT2D eigenvalue weighted by Gasteiger charge is -2.26. The number of nitrogens with two attached hydrogens (primary N) is 1. The van der Waals surface area contributed by atoms with Crippen LogP contribution in [0.1, 0.15) is 25.8 Å². The summed E-state index contributed by atoms with van der Waals surface area (Å²) in [6, 6.07) is 6.85. The van der Waals surface area contributed by atoms with E-state index >= 15 is 0 Å². The Labute approximate surface area is 114 Å². The van der Waals surface area contributed by atoms with Crippen molar-refractivity contribution in [2.45, 2.75) is 26.8 Å². The van der Waals surface area contributed by atoms with Gasteiger partial charge in [0.2, 0.25) is 0 Å². The van der Waals surface area contributed by atoms with E-state index in [9.17, 15) is 4.39 Å². The van der Waals surface area contributed by atoms with Crippen LogP contribution >= 0.6 is 12.2 Å². The number of thiocarbonyl (C=S) groups is 1. The predicted molar refractivity (Wildman–Crippen MR) is 77.9 cm³/mol. The van der Waals surface area contributed by atoms with E-state index in [2.05, 4.69) is 4.90 Å². The van der Waals surface area contributed by atoms with Crippen molar-refractivity contribution in [3.8, 4) is 0 Å². The van der Waals surface area contributed by atoms with E-state index in [1.807, 2.05) is 33.0 Å². The Morgan fingerprint density at radius 1 is 1.39 bits per heavy atom. The van der Waals surface area contributed by atoms with Crippen LogP contribution in [-0.4, -0.2) is 23.5 Å². The number of hydrogen-bond acceptors (Lipinski definition) is 2. The summed E-state index contributed by atoms with van der Waals surface area (Å²) in [5.74, 6) is -0.155. The van der Waals surface area contributed by atoms with Gasteiger partial charge in [-0.25, -0.2) is 4.39 Å². The summed E-state index contributed by atoms with van der Waals surface area (Å²) in [5.41, 5.74) is 6.25. The molecular formula is C14H21FN2S. The third kappa shape index (κ3) is 4.35. The first-order valence-electron chi connectivity index (χ1n) is 6.05. The third-order valence-electron chi connectivity index (χ3n) is 3.18. The zero-order valence-corrected chi connectivity index (χ0v) is 12.1. The SMILES string of the molecule is CN(CCC(C)(C)C(N)=S)Cc1ccccc1F. The highest BCUT2D eigenvalue weighted by Gasteiger charge is 2.21. The van der Waals surface area contributed by atoms with Gasteiger partial charge in [-0.05, 0) is 26.1 Å². The first-order valence-corrected chi connectivity index (χ1v) is 6.45. The molecule has 0 amide bonds. The summed E-state index contributed by atoms with van der Waals surface area (Å²) in [6.07, 6.45) is 0.868. The molecule has 0 bridgehead atoms. The lowest BCUT2D eigenvalue weighted by Crippen LogP contribution is -2.33. The number of benzene rings is 1. The first kappa shape index (κ1) is 15.1. The highest BCUT2D eigenvalue weighted by atomic mass is 32.1. The lowest BCUT2D eigenvalue weighted by molar-refractivity contribution is 0.282. The Hall–Kier alpha value is -1.00. The molecule has 2 N–H and O–H groups in total. The molecule has 0 radical (unpaired) electrons. The topological polar surface area (TPSA) is 29.3 Å². The zero-order valence-electron chi connectivity index (χ0n) is 11.2. The van der Waals surface area contributed by atoms with Gasteiger partial charge in [0.15, 0.2) is 0 Å². The molecule has 1 aromatic carbocycles. The van der Waals surface area contributed by atoms with Gasteiger partial charge in [0.1, 0.15) is 5.82 Å². The molecule has 0 aromatic heterocycles. The highest BCUT2D eigenvalue weighted by molar-refractivity contribution is 7.80. The third-order valence-corrected chi connectivity index (χ3v) is 3.74. The summed E-state index contributed by atoms with van der Waals surface area (Å²) in [7, 11) is 1.97. The average molecular weight is 268 g/mol. The monoisotopic (exact) mass is 268 g/mol. The van der Waals surface area contributed by atoms with E-state index in [0.717, 1.165) is 13.0 Å². The van der Waals surface area contributed by atoms with Gasteiger partial charge in [0.25, 0.3) is 0 Å². The van der Waals surface area contributed by atoms with Gasteiger partial charge in [0, 0.05) is 17.5 Å². The summed E-state index contributed by atoms with van der Waals surface area (Å²) in [6.45, 7) is 5.50. The molecule has 1 aromatic rings. The molecule has 18 heavy (non-hydrogen) atoms. The van der Waals surface area contributed by atoms with Crippen LogP contribution < -0.4 is 5.73 Å². The minimum absolute atomic E-state index is 0.154. The van der Waals surface area contributed by atoms with Gasteiger partial charge in [-0.3, -0.25) is 0 Å². The second-order valence-electron chi connectivity index (χ2n) is 5.33. The predicted octanol–water partition coefficient (Wildman–Crippen LogP) is 2.96. The van der Waals surface area contributed by atoms with E-state index < -0.39 is 0 Å². The molecule has 0 saturated heterocycles. The molecule has 0 atom stereocenters. The van der Waals surface area contributed by atoms with Crippen molar-refractivity contribution >= 4 is 17.2 Å². The molecule has 0 heterocycles. The van der Waals surface area contributed by atoms with E-state index in [4.69, 9.17) is 18.0 Å². The first-order chi connectivity index (χ1) is 8.33. The van der Waals surface area contributed by atoms with E-state index in [-0.39, 0.29) is 11.2 Å². The summed E-state index contributed by atoms with van der Waals surface area (Å²) >= 11 is 5.03. The molecule has 4 heteroatoms. The smallest absolute Gasteiger partial charge is 0.127 e. The van der Waals surface area contributed by atoms with E-state index in [0.29, 0.717) is 17.1 Å². The van der Waals surface area contributed by atoms with Crippen LogP contribution in [0, 0.1) is 11.2 Å². The van der Waals surface area contributed by atoms with Crippen molar-refractivity contribution in [3.63, 3.8) is 0 Å². The van der Waals surface area contributed by atoms with Crippen molar-refractivity contribution in [1.29, 1.82) is 0 Å². The van der Waals surface area contributed by atoms with Crippen molar-refractivity contribution < 1.29 is 4.39 Å². The molecule has 2 nitrogen and oxygen atoms in total. The van der Waals surface area contributed by atoms with Gasteiger partial charge in [-0.2, -0.15) is 0 Å². The Morgan fingerprint density at radius 2 is 2.00 bits per heavy atom. The molecule has 0 aliphatic rings. The zero-order chi connectivity index (χ0) is 13.8.